The number of aromatic nitrogens is 2. The predicted molar refractivity (Wildman–Crippen MR) is 107 cm³/mol. The molecule has 0 saturated carbocycles. The van der Waals surface area contributed by atoms with E-state index >= 15 is 0 Å². The van der Waals surface area contributed by atoms with Crippen LogP contribution in [0.5, 0.6) is 5.75 Å². The lowest BCUT2D eigenvalue weighted by atomic mass is 9.84. The molecule has 1 heterocycles. The molecule has 28 heavy (non-hydrogen) atoms. The zero-order chi connectivity index (χ0) is 20.6. The van der Waals surface area contributed by atoms with Crippen molar-refractivity contribution in [3.63, 3.8) is 0 Å². The first-order chi connectivity index (χ1) is 12.2. The average Bonchev–Trinajstić information content (AvgIpc) is 2.51. The van der Waals surface area contributed by atoms with E-state index in [0.717, 1.165) is 17.8 Å². The van der Waals surface area contributed by atoms with E-state index < -0.39 is 11.9 Å². The third kappa shape index (κ3) is 6.07. The summed E-state index contributed by atoms with van der Waals surface area (Å²) in [5, 5.41) is 14.0. The average molecular weight is 418 g/mol. The lowest BCUT2D eigenvalue weighted by molar-refractivity contribution is -0.141. The van der Waals surface area contributed by atoms with Gasteiger partial charge in [-0.15, -0.1) is 12.4 Å². The Bertz CT molecular complexity index is 825. The minimum Gasteiger partial charge on any atom is -0.507 e. The number of benzene rings is 1. The number of hydrogen-bond donors (Lipinski definition) is 2. The van der Waals surface area contributed by atoms with Crippen LogP contribution >= 0.6 is 12.4 Å². The molecule has 2 aromatic rings. The summed E-state index contributed by atoms with van der Waals surface area (Å²) in [5.74, 6) is -0.260. The number of aromatic hydroxyl groups is 1. The first-order valence-corrected chi connectivity index (χ1v) is 8.70. The van der Waals surface area contributed by atoms with Gasteiger partial charge in [0, 0.05) is 23.8 Å². The van der Waals surface area contributed by atoms with Gasteiger partial charge in [-0.2, -0.15) is 13.2 Å². The molecule has 0 aliphatic heterocycles. The van der Waals surface area contributed by atoms with E-state index in [1.165, 1.54) is 0 Å². The molecular weight excluding hydrogens is 391 g/mol. The van der Waals surface area contributed by atoms with Gasteiger partial charge in [0.1, 0.15) is 11.4 Å². The van der Waals surface area contributed by atoms with Crippen molar-refractivity contribution in [2.24, 2.45) is 0 Å². The highest BCUT2D eigenvalue weighted by molar-refractivity contribution is 5.85. The number of halogens is 4. The monoisotopic (exact) mass is 417 g/mol. The van der Waals surface area contributed by atoms with Gasteiger partial charge >= 0.3 is 6.18 Å². The molecule has 2 N–H and O–H groups in total. The zero-order valence-corrected chi connectivity index (χ0v) is 17.7. The van der Waals surface area contributed by atoms with Crippen LogP contribution in [0.3, 0.4) is 0 Å². The van der Waals surface area contributed by atoms with Gasteiger partial charge in [-0.05, 0) is 43.9 Å². The fraction of sp³-hybridized carbons (Fsp3) is 0.500. The van der Waals surface area contributed by atoms with Crippen LogP contribution in [-0.4, -0.2) is 20.6 Å². The van der Waals surface area contributed by atoms with Crippen LogP contribution in [0.25, 0.3) is 11.4 Å². The third-order valence-electron chi connectivity index (χ3n) is 4.05. The Morgan fingerprint density at radius 2 is 1.64 bits per heavy atom. The Morgan fingerprint density at radius 3 is 2.14 bits per heavy atom. The number of phenolic OH excluding ortho intramolecular Hbond substituents is 1. The van der Waals surface area contributed by atoms with Crippen LogP contribution in [0, 0.1) is 0 Å². The fourth-order valence-corrected chi connectivity index (χ4v) is 2.44. The standard InChI is InChI=1S/C20H26F3N3O.ClH/c1-18(2,3)13-9-12(11-25-19(4,5)6)16(27)14(10-13)17-24-8-7-15(26-17)20(21,22)23;/h7-10,25,27H,11H2,1-6H3;1H. The molecule has 0 radical (unpaired) electrons. The van der Waals surface area contributed by atoms with Crippen LogP contribution < -0.4 is 5.32 Å². The predicted octanol–water partition coefficient (Wildman–Crippen LogP) is 5.48. The van der Waals surface area contributed by atoms with Crippen LogP contribution in [0.4, 0.5) is 13.2 Å². The Labute approximate surface area is 170 Å². The molecule has 156 valence electrons. The summed E-state index contributed by atoms with van der Waals surface area (Å²) in [6.07, 6.45) is -3.52. The quantitative estimate of drug-likeness (QED) is 0.694. The van der Waals surface area contributed by atoms with Crippen LogP contribution in [0.2, 0.25) is 0 Å². The van der Waals surface area contributed by atoms with Crippen molar-refractivity contribution >= 4 is 12.4 Å². The third-order valence-corrected chi connectivity index (χ3v) is 4.05. The van der Waals surface area contributed by atoms with Crippen LogP contribution in [0.15, 0.2) is 24.4 Å². The normalized spacial score (nSPS) is 12.6. The second-order valence-electron chi connectivity index (χ2n) is 8.65. The largest absolute Gasteiger partial charge is 0.507 e. The molecule has 0 aliphatic rings. The van der Waals surface area contributed by atoms with E-state index in [0.29, 0.717) is 12.1 Å². The number of phenols is 1. The fourth-order valence-electron chi connectivity index (χ4n) is 2.44. The van der Waals surface area contributed by atoms with Gasteiger partial charge in [0.05, 0.1) is 5.56 Å². The summed E-state index contributed by atoms with van der Waals surface area (Å²) in [6, 6.07) is 4.34. The molecule has 0 unspecified atom stereocenters. The minimum absolute atomic E-state index is 0. The lowest BCUT2D eigenvalue weighted by Gasteiger charge is -2.25. The second kappa shape index (κ2) is 8.25. The van der Waals surface area contributed by atoms with E-state index in [-0.39, 0.29) is 40.5 Å². The van der Waals surface area contributed by atoms with Crippen molar-refractivity contribution in [2.75, 3.05) is 0 Å². The van der Waals surface area contributed by atoms with E-state index in [1.54, 1.807) is 6.07 Å². The van der Waals surface area contributed by atoms with Crippen molar-refractivity contribution < 1.29 is 18.3 Å². The maximum absolute atomic E-state index is 13.0. The first-order valence-electron chi connectivity index (χ1n) is 8.70. The molecule has 0 spiro atoms. The lowest BCUT2D eigenvalue weighted by Crippen LogP contribution is -2.35. The molecule has 0 amide bonds. The van der Waals surface area contributed by atoms with Crippen LogP contribution in [0.1, 0.15) is 58.4 Å². The highest BCUT2D eigenvalue weighted by Gasteiger charge is 2.33. The molecule has 0 fully saturated rings. The van der Waals surface area contributed by atoms with Gasteiger partial charge in [0.2, 0.25) is 0 Å². The number of alkyl halides is 3. The zero-order valence-electron chi connectivity index (χ0n) is 16.9. The maximum atomic E-state index is 13.0. The van der Waals surface area contributed by atoms with Gasteiger partial charge in [-0.3, -0.25) is 0 Å². The van der Waals surface area contributed by atoms with Gasteiger partial charge in [-0.1, -0.05) is 26.8 Å². The molecule has 0 aliphatic carbocycles. The van der Waals surface area contributed by atoms with Crippen molar-refractivity contribution in [1.29, 1.82) is 0 Å². The van der Waals surface area contributed by atoms with Crippen LogP contribution in [-0.2, 0) is 18.1 Å². The SMILES string of the molecule is CC(C)(C)NCc1cc(C(C)(C)C)cc(-c2nccc(C(F)(F)F)n2)c1O.Cl. The summed E-state index contributed by atoms with van der Waals surface area (Å²) >= 11 is 0. The highest BCUT2D eigenvalue weighted by Crippen LogP contribution is 2.37. The van der Waals surface area contributed by atoms with Crippen molar-refractivity contribution in [2.45, 2.75) is 65.2 Å². The summed E-state index contributed by atoms with van der Waals surface area (Å²) in [5.41, 5.74) is 0.175. The Balaban J connectivity index is 0.00000392. The summed E-state index contributed by atoms with van der Waals surface area (Å²) < 4.78 is 39.1. The number of hydrogen-bond acceptors (Lipinski definition) is 4. The molecule has 1 aromatic heterocycles. The second-order valence-corrected chi connectivity index (χ2v) is 8.65. The molecule has 2 rings (SSSR count). The smallest absolute Gasteiger partial charge is 0.433 e. The molecule has 4 nitrogen and oxygen atoms in total. The summed E-state index contributed by atoms with van der Waals surface area (Å²) in [7, 11) is 0. The molecular formula is C20H27ClF3N3O. The number of nitrogens with zero attached hydrogens (tertiary/aromatic N) is 2. The molecule has 1 aromatic carbocycles. The highest BCUT2D eigenvalue weighted by atomic mass is 35.5. The van der Waals surface area contributed by atoms with E-state index in [4.69, 9.17) is 0 Å². The van der Waals surface area contributed by atoms with E-state index in [1.807, 2.05) is 47.6 Å². The maximum Gasteiger partial charge on any atom is 0.433 e. The van der Waals surface area contributed by atoms with Gasteiger partial charge in [-0.25, -0.2) is 9.97 Å². The van der Waals surface area contributed by atoms with Gasteiger partial charge < -0.3 is 10.4 Å². The summed E-state index contributed by atoms with van der Waals surface area (Å²) in [6.45, 7) is 12.3. The van der Waals surface area contributed by atoms with Crippen molar-refractivity contribution in [3.8, 4) is 17.1 Å². The molecule has 0 saturated heterocycles. The summed E-state index contributed by atoms with van der Waals surface area (Å²) in [4.78, 5) is 7.60. The topological polar surface area (TPSA) is 58.0 Å². The van der Waals surface area contributed by atoms with E-state index in [9.17, 15) is 18.3 Å². The molecule has 8 heteroatoms. The van der Waals surface area contributed by atoms with Gasteiger partial charge in [0.15, 0.2) is 5.82 Å². The minimum atomic E-state index is -4.58. The molecule has 0 atom stereocenters. The molecule has 0 bridgehead atoms. The van der Waals surface area contributed by atoms with E-state index in [2.05, 4.69) is 15.3 Å². The Kier molecular flexibility index (Phi) is 7.12. The Morgan fingerprint density at radius 1 is 1.04 bits per heavy atom. The number of rotatable bonds is 3. The van der Waals surface area contributed by atoms with Gasteiger partial charge in [0.25, 0.3) is 0 Å². The van der Waals surface area contributed by atoms with Crippen molar-refractivity contribution in [3.05, 3.63) is 41.2 Å². The van der Waals surface area contributed by atoms with Crippen molar-refractivity contribution in [1.82, 2.24) is 15.3 Å². The number of nitrogens with one attached hydrogen (secondary N) is 1. The Hall–Kier alpha value is -1.86. The first kappa shape index (κ1) is 24.2.